The van der Waals surface area contributed by atoms with Crippen molar-refractivity contribution in [3.8, 4) is 5.88 Å². The molecule has 1 aromatic rings. The van der Waals surface area contributed by atoms with Crippen LogP contribution in [-0.2, 0) is 0 Å². The van der Waals surface area contributed by atoms with Gasteiger partial charge in [0.25, 0.3) is 0 Å². The molecule has 4 nitrogen and oxygen atoms in total. The Bertz CT molecular complexity index is 422. The first-order valence-electron chi connectivity index (χ1n) is 6.60. The van der Waals surface area contributed by atoms with E-state index in [1.807, 2.05) is 0 Å². The fraction of sp³-hybridized carbons (Fsp3) is 0.615. The average Bonchev–Trinajstić information content (AvgIpc) is 2.84. The number of pyridine rings is 1. The maximum atomic E-state index is 12.0. The number of halogens is 3. The van der Waals surface area contributed by atoms with Crippen LogP contribution in [0.15, 0.2) is 18.3 Å². The molecule has 0 spiro atoms. The summed E-state index contributed by atoms with van der Waals surface area (Å²) < 4.78 is 40.5. The lowest BCUT2D eigenvalue weighted by atomic mass is 10.0. The van der Waals surface area contributed by atoms with Crippen molar-refractivity contribution in [1.82, 2.24) is 4.98 Å². The summed E-state index contributed by atoms with van der Waals surface area (Å²) in [5.74, 6) is 0.408. The summed E-state index contributed by atoms with van der Waals surface area (Å²) in [7, 11) is 0. The Morgan fingerprint density at radius 2 is 2.15 bits per heavy atom. The predicted molar refractivity (Wildman–Crippen MR) is 69.6 cm³/mol. The normalized spacial score (nSPS) is 22.8. The molecule has 0 aliphatic heterocycles. The molecular formula is C13H18F3N3O. The Morgan fingerprint density at radius 3 is 2.75 bits per heavy atom. The lowest BCUT2D eigenvalue weighted by Gasteiger charge is -2.20. The van der Waals surface area contributed by atoms with Gasteiger partial charge in [-0.05, 0) is 31.4 Å². The Hall–Kier alpha value is -1.50. The zero-order chi connectivity index (χ0) is 14.6. The standard InChI is InChI=1S/C13H18F3N3O/c14-13(15,16)8-20-12-5-4-10(7-18-12)19-11-3-1-2-9(11)6-17/h4-5,7,9,11,19H,1-3,6,8,17H2. The lowest BCUT2D eigenvalue weighted by Crippen LogP contribution is -2.29. The zero-order valence-electron chi connectivity index (χ0n) is 11.0. The molecule has 20 heavy (non-hydrogen) atoms. The van der Waals surface area contributed by atoms with E-state index in [4.69, 9.17) is 5.73 Å². The van der Waals surface area contributed by atoms with Gasteiger partial charge >= 0.3 is 6.18 Å². The van der Waals surface area contributed by atoms with Crippen LogP contribution in [0.1, 0.15) is 19.3 Å². The van der Waals surface area contributed by atoms with Crippen molar-refractivity contribution in [3.63, 3.8) is 0 Å². The Balaban J connectivity index is 1.88. The largest absolute Gasteiger partial charge is 0.468 e. The van der Waals surface area contributed by atoms with Crippen LogP contribution >= 0.6 is 0 Å². The van der Waals surface area contributed by atoms with Gasteiger partial charge in [-0.2, -0.15) is 13.2 Å². The third-order valence-corrected chi connectivity index (χ3v) is 3.43. The van der Waals surface area contributed by atoms with Crippen molar-refractivity contribution in [2.45, 2.75) is 31.5 Å². The van der Waals surface area contributed by atoms with Crippen LogP contribution in [0, 0.1) is 5.92 Å². The number of nitrogens with two attached hydrogens (primary N) is 1. The molecular weight excluding hydrogens is 271 g/mol. The molecule has 0 bridgehead atoms. The van der Waals surface area contributed by atoms with Gasteiger partial charge in [0.1, 0.15) is 0 Å². The topological polar surface area (TPSA) is 60.2 Å². The van der Waals surface area contributed by atoms with E-state index in [0.717, 1.165) is 24.9 Å². The second-order valence-corrected chi connectivity index (χ2v) is 4.97. The molecule has 0 aromatic carbocycles. The fourth-order valence-electron chi connectivity index (χ4n) is 2.43. The van der Waals surface area contributed by atoms with E-state index in [1.165, 1.54) is 12.3 Å². The van der Waals surface area contributed by atoms with Crippen molar-refractivity contribution in [2.24, 2.45) is 11.7 Å². The van der Waals surface area contributed by atoms with E-state index in [0.29, 0.717) is 18.5 Å². The lowest BCUT2D eigenvalue weighted by molar-refractivity contribution is -0.154. The number of nitrogens with zero attached hydrogens (tertiary/aromatic N) is 1. The number of hydrogen-bond donors (Lipinski definition) is 2. The third-order valence-electron chi connectivity index (χ3n) is 3.43. The fourth-order valence-corrected chi connectivity index (χ4v) is 2.43. The van der Waals surface area contributed by atoms with Gasteiger partial charge in [-0.25, -0.2) is 4.98 Å². The van der Waals surface area contributed by atoms with Crippen molar-refractivity contribution in [2.75, 3.05) is 18.5 Å². The number of anilines is 1. The van der Waals surface area contributed by atoms with Gasteiger partial charge in [0, 0.05) is 12.1 Å². The average molecular weight is 289 g/mol. The van der Waals surface area contributed by atoms with Gasteiger partial charge in [-0.3, -0.25) is 0 Å². The highest BCUT2D eigenvalue weighted by molar-refractivity contribution is 5.43. The Labute approximate surface area is 115 Å². The summed E-state index contributed by atoms with van der Waals surface area (Å²) in [6.07, 6.45) is 0.427. The van der Waals surface area contributed by atoms with Gasteiger partial charge < -0.3 is 15.8 Å². The first-order chi connectivity index (χ1) is 9.48. The molecule has 7 heteroatoms. The second kappa shape index (κ2) is 6.30. The monoisotopic (exact) mass is 289 g/mol. The van der Waals surface area contributed by atoms with Crippen LogP contribution in [0.4, 0.5) is 18.9 Å². The molecule has 0 radical (unpaired) electrons. The van der Waals surface area contributed by atoms with Crippen molar-refractivity contribution < 1.29 is 17.9 Å². The van der Waals surface area contributed by atoms with Gasteiger partial charge in [-0.15, -0.1) is 0 Å². The molecule has 1 fully saturated rings. The summed E-state index contributed by atoms with van der Waals surface area (Å²) in [5.41, 5.74) is 6.47. The molecule has 0 amide bonds. The van der Waals surface area contributed by atoms with Crippen molar-refractivity contribution >= 4 is 5.69 Å². The minimum Gasteiger partial charge on any atom is -0.468 e. The minimum absolute atomic E-state index is 0.0327. The summed E-state index contributed by atoms with van der Waals surface area (Å²) in [6, 6.07) is 3.41. The number of ether oxygens (including phenoxy) is 1. The predicted octanol–water partition coefficient (Wildman–Crippen LogP) is 2.56. The Morgan fingerprint density at radius 1 is 1.35 bits per heavy atom. The molecule has 2 atom stereocenters. The first kappa shape index (κ1) is 14.9. The number of nitrogens with one attached hydrogen (secondary N) is 1. The Kier molecular flexibility index (Phi) is 4.69. The van der Waals surface area contributed by atoms with Crippen LogP contribution < -0.4 is 15.8 Å². The van der Waals surface area contributed by atoms with E-state index < -0.39 is 12.8 Å². The summed E-state index contributed by atoms with van der Waals surface area (Å²) in [6.45, 7) is -0.692. The SMILES string of the molecule is NCC1CCCC1Nc1ccc(OCC(F)(F)F)nc1. The van der Waals surface area contributed by atoms with E-state index in [9.17, 15) is 13.2 Å². The van der Waals surface area contributed by atoms with Crippen LogP contribution in [0.25, 0.3) is 0 Å². The van der Waals surface area contributed by atoms with E-state index in [-0.39, 0.29) is 5.88 Å². The van der Waals surface area contributed by atoms with Gasteiger partial charge in [0.15, 0.2) is 6.61 Å². The van der Waals surface area contributed by atoms with E-state index in [1.54, 1.807) is 6.07 Å². The molecule has 1 saturated carbocycles. The van der Waals surface area contributed by atoms with Gasteiger partial charge in [0.2, 0.25) is 5.88 Å². The highest BCUT2D eigenvalue weighted by atomic mass is 19.4. The summed E-state index contributed by atoms with van der Waals surface area (Å²) >= 11 is 0. The minimum atomic E-state index is -4.35. The highest BCUT2D eigenvalue weighted by Gasteiger charge is 2.29. The summed E-state index contributed by atoms with van der Waals surface area (Å²) in [4.78, 5) is 3.86. The molecule has 1 aromatic heterocycles. The highest BCUT2D eigenvalue weighted by Crippen LogP contribution is 2.28. The van der Waals surface area contributed by atoms with Crippen LogP contribution in [-0.4, -0.2) is 30.4 Å². The molecule has 1 aliphatic carbocycles. The van der Waals surface area contributed by atoms with Gasteiger partial charge in [-0.1, -0.05) is 6.42 Å². The number of alkyl halides is 3. The van der Waals surface area contributed by atoms with Crippen LogP contribution in [0.3, 0.4) is 0 Å². The number of aromatic nitrogens is 1. The molecule has 0 saturated heterocycles. The number of rotatable bonds is 5. The zero-order valence-corrected chi connectivity index (χ0v) is 11.0. The van der Waals surface area contributed by atoms with Crippen LogP contribution in [0.5, 0.6) is 5.88 Å². The summed E-state index contributed by atoms with van der Waals surface area (Å²) in [5, 5.41) is 3.32. The maximum absolute atomic E-state index is 12.0. The smallest absolute Gasteiger partial charge is 0.422 e. The maximum Gasteiger partial charge on any atom is 0.422 e. The molecule has 2 rings (SSSR count). The molecule has 2 unspecified atom stereocenters. The second-order valence-electron chi connectivity index (χ2n) is 4.97. The quantitative estimate of drug-likeness (QED) is 0.874. The third kappa shape index (κ3) is 4.26. The molecule has 1 heterocycles. The first-order valence-corrected chi connectivity index (χ1v) is 6.60. The van der Waals surface area contributed by atoms with Gasteiger partial charge in [0.05, 0.1) is 11.9 Å². The van der Waals surface area contributed by atoms with E-state index in [2.05, 4.69) is 15.0 Å². The number of hydrogen-bond acceptors (Lipinski definition) is 4. The van der Waals surface area contributed by atoms with E-state index >= 15 is 0 Å². The molecule has 112 valence electrons. The molecule has 3 N–H and O–H groups in total. The van der Waals surface area contributed by atoms with Crippen molar-refractivity contribution in [3.05, 3.63) is 18.3 Å². The molecule has 1 aliphatic rings. The van der Waals surface area contributed by atoms with Crippen molar-refractivity contribution in [1.29, 1.82) is 0 Å². The van der Waals surface area contributed by atoms with Crippen LogP contribution in [0.2, 0.25) is 0 Å².